The molecule has 0 aliphatic carbocycles. The Morgan fingerprint density at radius 1 is 1.30 bits per heavy atom. The third-order valence-electron chi connectivity index (χ3n) is 3.23. The van der Waals surface area contributed by atoms with Crippen molar-refractivity contribution in [1.29, 1.82) is 0 Å². The molecule has 7 nitrogen and oxygen atoms in total. The van der Waals surface area contributed by atoms with Gasteiger partial charge in [0.1, 0.15) is 5.69 Å². The highest BCUT2D eigenvalue weighted by molar-refractivity contribution is 5.69. The predicted octanol–water partition coefficient (Wildman–Crippen LogP) is 1.43. The topological polar surface area (TPSA) is 84.1 Å². The van der Waals surface area contributed by atoms with E-state index in [1.54, 1.807) is 17.1 Å². The zero-order valence-electron chi connectivity index (χ0n) is 10.7. The van der Waals surface area contributed by atoms with Crippen molar-refractivity contribution in [3.05, 3.63) is 42.5 Å². The van der Waals surface area contributed by atoms with Gasteiger partial charge < -0.3 is 10.0 Å². The van der Waals surface area contributed by atoms with Crippen molar-refractivity contribution in [1.82, 2.24) is 24.9 Å². The molecule has 2 aromatic heterocycles. The van der Waals surface area contributed by atoms with Gasteiger partial charge in [-0.15, -0.1) is 5.10 Å². The fourth-order valence-electron chi connectivity index (χ4n) is 2.11. The van der Waals surface area contributed by atoms with Crippen molar-refractivity contribution in [3.63, 3.8) is 0 Å². The minimum atomic E-state index is -0.888. The highest BCUT2D eigenvalue weighted by Crippen LogP contribution is 2.20. The van der Waals surface area contributed by atoms with Crippen molar-refractivity contribution in [3.8, 4) is 5.69 Å². The first-order valence-corrected chi connectivity index (χ1v) is 6.24. The minimum absolute atomic E-state index is 0.396. The number of hydrogen-bond donors (Lipinski definition) is 1. The Hall–Kier alpha value is -2.70. The Morgan fingerprint density at radius 2 is 2.10 bits per heavy atom. The van der Waals surface area contributed by atoms with Crippen LogP contribution in [0.4, 0.5) is 4.79 Å². The molecule has 0 aromatic carbocycles. The van der Waals surface area contributed by atoms with E-state index in [1.807, 2.05) is 24.4 Å². The van der Waals surface area contributed by atoms with Crippen molar-refractivity contribution < 1.29 is 9.90 Å². The lowest BCUT2D eigenvalue weighted by Gasteiger charge is -2.22. The Morgan fingerprint density at radius 3 is 2.75 bits per heavy atom. The lowest BCUT2D eigenvalue weighted by Crippen LogP contribution is -2.33. The van der Waals surface area contributed by atoms with E-state index in [0.29, 0.717) is 19.5 Å². The summed E-state index contributed by atoms with van der Waals surface area (Å²) in [5.41, 5.74) is 2.71. The Labute approximate surface area is 115 Å². The van der Waals surface area contributed by atoms with E-state index in [9.17, 15) is 4.79 Å². The molecule has 102 valence electrons. The number of rotatable bonds is 2. The first-order valence-electron chi connectivity index (χ1n) is 6.24. The summed E-state index contributed by atoms with van der Waals surface area (Å²) in [5, 5.41) is 17.1. The molecule has 3 rings (SSSR count). The van der Waals surface area contributed by atoms with Gasteiger partial charge in [-0.1, -0.05) is 11.3 Å². The zero-order chi connectivity index (χ0) is 13.9. The van der Waals surface area contributed by atoms with E-state index < -0.39 is 6.09 Å². The number of pyridine rings is 1. The van der Waals surface area contributed by atoms with Crippen LogP contribution in [0, 0.1) is 0 Å². The molecule has 1 aliphatic heterocycles. The van der Waals surface area contributed by atoms with Gasteiger partial charge >= 0.3 is 6.09 Å². The molecule has 0 fully saturated rings. The van der Waals surface area contributed by atoms with Gasteiger partial charge in [-0.05, 0) is 24.1 Å². The maximum absolute atomic E-state index is 10.8. The number of aromatic nitrogens is 4. The fraction of sp³-hybridized carbons (Fsp3) is 0.231. The van der Waals surface area contributed by atoms with Gasteiger partial charge in [-0.3, -0.25) is 4.98 Å². The van der Waals surface area contributed by atoms with E-state index >= 15 is 0 Å². The average Bonchev–Trinajstić information content (AvgIpc) is 2.98. The summed E-state index contributed by atoms with van der Waals surface area (Å²) < 4.78 is 1.68. The van der Waals surface area contributed by atoms with E-state index in [0.717, 1.165) is 17.0 Å². The van der Waals surface area contributed by atoms with Crippen LogP contribution < -0.4 is 0 Å². The lowest BCUT2D eigenvalue weighted by atomic mass is 10.1. The van der Waals surface area contributed by atoms with Crippen LogP contribution in [-0.2, 0) is 0 Å². The molecule has 1 amide bonds. The molecule has 2 aromatic rings. The van der Waals surface area contributed by atoms with Crippen LogP contribution >= 0.6 is 0 Å². The van der Waals surface area contributed by atoms with Crippen LogP contribution in [0.5, 0.6) is 0 Å². The van der Waals surface area contributed by atoms with Gasteiger partial charge in [0.05, 0.1) is 11.9 Å². The maximum Gasteiger partial charge on any atom is 0.407 e. The number of carbonyl (C=O) groups is 1. The van der Waals surface area contributed by atoms with Gasteiger partial charge in [0.15, 0.2) is 0 Å². The van der Waals surface area contributed by atoms with Crippen LogP contribution in [0.1, 0.15) is 12.1 Å². The molecular formula is C13H13N5O2. The van der Waals surface area contributed by atoms with Gasteiger partial charge in [0, 0.05) is 25.5 Å². The molecule has 0 unspecified atom stereocenters. The van der Waals surface area contributed by atoms with Crippen molar-refractivity contribution in [2.75, 3.05) is 13.1 Å². The first-order chi connectivity index (χ1) is 9.74. The summed E-state index contributed by atoms with van der Waals surface area (Å²) in [4.78, 5) is 16.2. The van der Waals surface area contributed by atoms with Crippen LogP contribution in [0.2, 0.25) is 0 Å². The van der Waals surface area contributed by atoms with Gasteiger partial charge in [-0.25, -0.2) is 9.48 Å². The van der Waals surface area contributed by atoms with Crippen LogP contribution in [0.15, 0.2) is 36.8 Å². The van der Waals surface area contributed by atoms with Crippen LogP contribution in [0.25, 0.3) is 11.3 Å². The third kappa shape index (κ3) is 2.37. The molecule has 20 heavy (non-hydrogen) atoms. The van der Waals surface area contributed by atoms with Gasteiger partial charge in [0.2, 0.25) is 0 Å². The number of nitrogens with zero attached hydrogens (tertiary/aromatic N) is 5. The molecule has 0 radical (unpaired) electrons. The quantitative estimate of drug-likeness (QED) is 0.893. The molecule has 0 bridgehead atoms. The Kier molecular flexibility index (Phi) is 3.16. The SMILES string of the molecule is O=C(O)N1CC=C(c2cn(-c3ccncc3)nn2)CC1. The van der Waals surface area contributed by atoms with E-state index in [-0.39, 0.29) is 0 Å². The molecular weight excluding hydrogens is 258 g/mol. The predicted molar refractivity (Wildman–Crippen MR) is 71.3 cm³/mol. The third-order valence-corrected chi connectivity index (χ3v) is 3.23. The number of hydrogen-bond acceptors (Lipinski definition) is 4. The van der Waals surface area contributed by atoms with E-state index in [1.165, 1.54) is 4.90 Å². The van der Waals surface area contributed by atoms with Crippen molar-refractivity contribution in [2.45, 2.75) is 6.42 Å². The summed E-state index contributed by atoms with van der Waals surface area (Å²) in [6.07, 6.45) is 6.89. The summed E-state index contributed by atoms with van der Waals surface area (Å²) >= 11 is 0. The monoisotopic (exact) mass is 271 g/mol. The molecule has 0 spiro atoms. The van der Waals surface area contributed by atoms with Gasteiger partial charge in [-0.2, -0.15) is 0 Å². The molecule has 0 saturated heterocycles. The second-order valence-electron chi connectivity index (χ2n) is 4.46. The second-order valence-corrected chi connectivity index (χ2v) is 4.46. The average molecular weight is 271 g/mol. The Balaban J connectivity index is 1.80. The fourth-order valence-corrected chi connectivity index (χ4v) is 2.11. The minimum Gasteiger partial charge on any atom is -0.465 e. The second kappa shape index (κ2) is 5.12. The van der Waals surface area contributed by atoms with E-state index in [2.05, 4.69) is 15.3 Å². The summed E-state index contributed by atoms with van der Waals surface area (Å²) in [5.74, 6) is 0. The van der Waals surface area contributed by atoms with Gasteiger partial charge in [0.25, 0.3) is 0 Å². The smallest absolute Gasteiger partial charge is 0.407 e. The highest BCUT2D eigenvalue weighted by Gasteiger charge is 2.18. The maximum atomic E-state index is 10.8. The Bertz CT molecular complexity index is 650. The standard InChI is InChI=1S/C13H13N5O2/c19-13(20)17-7-3-10(4-8-17)12-9-18(16-15-12)11-1-5-14-6-2-11/h1-3,5-6,9H,4,7-8H2,(H,19,20). The number of amides is 1. The molecule has 1 aliphatic rings. The summed E-state index contributed by atoms with van der Waals surface area (Å²) in [7, 11) is 0. The summed E-state index contributed by atoms with van der Waals surface area (Å²) in [6, 6.07) is 3.69. The first kappa shape index (κ1) is 12.3. The van der Waals surface area contributed by atoms with Crippen molar-refractivity contribution >= 4 is 11.7 Å². The highest BCUT2D eigenvalue weighted by atomic mass is 16.4. The van der Waals surface area contributed by atoms with E-state index in [4.69, 9.17) is 5.11 Å². The van der Waals surface area contributed by atoms with Crippen LogP contribution in [-0.4, -0.2) is 49.2 Å². The number of carboxylic acid groups (broad SMARTS) is 1. The van der Waals surface area contributed by atoms with Crippen LogP contribution in [0.3, 0.4) is 0 Å². The molecule has 0 atom stereocenters. The largest absolute Gasteiger partial charge is 0.465 e. The molecule has 7 heteroatoms. The molecule has 3 heterocycles. The summed E-state index contributed by atoms with van der Waals surface area (Å²) in [6.45, 7) is 0.885. The molecule has 1 N–H and O–H groups in total. The van der Waals surface area contributed by atoms with Crippen molar-refractivity contribution in [2.24, 2.45) is 0 Å². The lowest BCUT2D eigenvalue weighted by molar-refractivity contribution is 0.150. The zero-order valence-corrected chi connectivity index (χ0v) is 10.7. The molecule has 0 saturated carbocycles. The normalized spacial score (nSPS) is 15.0.